The van der Waals surface area contributed by atoms with Crippen LogP contribution in [0.25, 0.3) is 0 Å². The van der Waals surface area contributed by atoms with Gasteiger partial charge in [0.15, 0.2) is 0 Å². The zero-order valence-electron chi connectivity index (χ0n) is 9.56. The van der Waals surface area contributed by atoms with Crippen LogP contribution in [0.3, 0.4) is 0 Å². The molecule has 0 aliphatic rings. The molecule has 0 heterocycles. The van der Waals surface area contributed by atoms with Crippen molar-refractivity contribution in [2.75, 3.05) is 7.11 Å². The van der Waals surface area contributed by atoms with E-state index in [0.717, 1.165) is 0 Å². The lowest BCUT2D eigenvalue weighted by molar-refractivity contribution is -0.142. The molecule has 0 radical (unpaired) electrons. The Kier molecular flexibility index (Phi) is 4.23. The highest BCUT2D eigenvalue weighted by Gasteiger charge is 2.16. The molecule has 0 fully saturated rings. The maximum atomic E-state index is 11.7. The normalized spacial score (nSPS) is 11.1. The second-order valence-electron chi connectivity index (χ2n) is 3.41. The third kappa shape index (κ3) is 3.31. The number of amides is 1. The summed E-state index contributed by atoms with van der Waals surface area (Å²) < 4.78 is 4.49. The maximum absolute atomic E-state index is 11.7. The first-order valence-electron chi connectivity index (χ1n) is 4.97. The molecule has 1 amide bonds. The summed E-state index contributed by atoms with van der Waals surface area (Å²) in [6, 6.07) is 7.38. The summed E-state index contributed by atoms with van der Waals surface area (Å²) in [5, 5.41) is 11.1. The highest BCUT2D eigenvalue weighted by atomic mass is 16.5. The lowest BCUT2D eigenvalue weighted by Gasteiger charge is -2.11. The van der Waals surface area contributed by atoms with Gasteiger partial charge in [-0.25, -0.2) is 4.79 Å². The molecule has 0 spiro atoms. The number of carbonyl (C=O) groups is 2. The first-order chi connectivity index (χ1) is 8.08. The predicted molar refractivity (Wildman–Crippen MR) is 60.1 cm³/mol. The van der Waals surface area contributed by atoms with E-state index >= 15 is 0 Å². The molecule has 0 unspecified atom stereocenters. The highest BCUT2D eigenvalue weighted by molar-refractivity contribution is 5.96. The molecule has 1 aromatic rings. The molecule has 88 valence electrons. The van der Waals surface area contributed by atoms with Crippen molar-refractivity contribution in [3.05, 3.63) is 35.4 Å². The number of nitriles is 1. The van der Waals surface area contributed by atoms with Gasteiger partial charge in [0.25, 0.3) is 5.91 Å². The molecule has 1 rings (SSSR count). The number of hydrogen-bond donors (Lipinski definition) is 1. The topological polar surface area (TPSA) is 79.2 Å². The summed E-state index contributed by atoms with van der Waals surface area (Å²) in [7, 11) is 1.26. The van der Waals surface area contributed by atoms with Crippen molar-refractivity contribution in [1.82, 2.24) is 5.32 Å². The standard InChI is InChI=1S/C12H12N2O3/c1-8(12(16)17-2)14-11(15)10-5-3-9(7-13)4-6-10/h3-6,8H,1-2H3,(H,14,15)/t8-/m1/s1. The number of carbonyl (C=O) groups excluding carboxylic acids is 2. The van der Waals surface area contributed by atoms with E-state index in [1.54, 1.807) is 0 Å². The molecular formula is C12H12N2O3. The molecular weight excluding hydrogens is 220 g/mol. The minimum atomic E-state index is -0.705. The van der Waals surface area contributed by atoms with Crippen LogP contribution in [0.5, 0.6) is 0 Å². The molecule has 0 aromatic heterocycles. The van der Waals surface area contributed by atoms with Crippen molar-refractivity contribution in [2.24, 2.45) is 0 Å². The third-order valence-electron chi connectivity index (χ3n) is 2.18. The van der Waals surface area contributed by atoms with Gasteiger partial charge in [-0.1, -0.05) is 0 Å². The smallest absolute Gasteiger partial charge is 0.328 e. The van der Waals surface area contributed by atoms with Crippen LogP contribution in [0.4, 0.5) is 0 Å². The zero-order valence-corrected chi connectivity index (χ0v) is 9.56. The minimum Gasteiger partial charge on any atom is -0.467 e. The number of hydrogen-bond acceptors (Lipinski definition) is 4. The van der Waals surface area contributed by atoms with Crippen LogP contribution < -0.4 is 5.32 Å². The Morgan fingerprint density at radius 1 is 1.35 bits per heavy atom. The van der Waals surface area contributed by atoms with E-state index in [2.05, 4.69) is 10.1 Å². The van der Waals surface area contributed by atoms with Crippen LogP contribution in [0.15, 0.2) is 24.3 Å². The Morgan fingerprint density at radius 2 is 1.94 bits per heavy atom. The summed E-state index contributed by atoms with van der Waals surface area (Å²) in [5.41, 5.74) is 0.863. The summed E-state index contributed by atoms with van der Waals surface area (Å²) in [5.74, 6) is -0.889. The quantitative estimate of drug-likeness (QED) is 0.783. The van der Waals surface area contributed by atoms with Crippen LogP contribution in [0.2, 0.25) is 0 Å². The van der Waals surface area contributed by atoms with E-state index in [1.807, 2.05) is 6.07 Å². The van der Waals surface area contributed by atoms with E-state index in [1.165, 1.54) is 38.3 Å². The second-order valence-corrected chi connectivity index (χ2v) is 3.41. The molecule has 0 aliphatic carbocycles. The minimum absolute atomic E-state index is 0.382. The number of methoxy groups -OCH3 is 1. The van der Waals surface area contributed by atoms with Crippen LogP contribution >= 0.6 is 0 Å². The molecule has 5 heteroatoms. The molecule has 17 heavy (non-hydrogen) atoms. The molecule has 0 aliphatic heterocycles. The fourth-order valence-corrected chi connectivity index (χ4v) is 1.21. The van der Waals surface area contributed by atoms with Gasteiger partial charge in [0, 0.05) is 5.56 Å². The van der Waals surface area contributed by atoms with Crippen LogP contribution in [0.1, 0.15) is 22.8 Å². The van der Waals surface area contributed by atoms with Crippen LogP contribution in [-0.2, 0) is 9.53 Å². The van der Waals surface area contributed by atoms with E-state index in [4.69, 9.17) is 5.26 Å². The van der Waals surface area contributed by atoms with Crippen molar-refractivity contribution in [3.63, 3.8) is 0 Å². The molecule has 1 N–H and O–H groups in total. The number of esters is 1. The van der Waals surface area contributed by atoms with Gasteiger partial charge in [-0.05, 0) is 31.2 Å². The monoisotopic (exact) mass is 232 g/mol. The van der Waals surface area contributed by atoms with Gasteiger partial charge in [-0.2, -0.15) is 5.26 Å². The molecule has 1 atom stereocenters. The van der Waals surface area contributed by atoms with Gasteiger partial charge in [-0.3, -0.25) is 4.79 Å². The second kappa shape index (κ2) is 5.66. The number of benzene rings is 1. The third-order valence-corrected chi connectivity index (χ3v) is 2.18. The van der Waals surface area contributed by atoms with Crippen LogP contribution in [0, 0.1) is 11.3 Å². The van der Waals surface area contributed by atoms with Gasteiger partial charge in [0.1, 0.15) is 6.04 Å². The summed E-state index contributed by atoms with van der Waals surface area (Å²) in [6.45, 7) is 1.54. The number of rotatable bonds is 3. The molecule has 0 saturated heterocycles. The number of nitrogens with one attached hydrogen (secondary N) is 1. The lowest BCUT2D eigenvalue weighted by atomic mass is 10.1. The van der Waals surface area contributed by atoms with Crippen molar-refractivity contribution in [2.45, 2.75) is 13.0 Å². The van der Waals surface area contributed by atoms with Gasteiger partial charge >= 0.3 is 5.97 Å². The first-order valence-corrected chi connectivity index (χ1v) is 4.97. The van der Waals surface area contributed by atoms with E-state index in [-0.39, 0.29) is 5.91 Å². The van der Waals surface area contributed by atoms with Gasteiger partial charge < -0.3 is 10.1 Å². The Morgan fingerprint density at radius 3 is 2.41 bits per heavy atom. The maximum Gasteiger partial charge on any atom is 0.328 e. The lowest BCUT2D eigenvalue weighted by Crippen LogP contribution is -2.39. The molecule has 0 saturated carbocycles. The van der Waals surface area contributed by atoms with Gasteiger partial charge in [-0.15, -0.1) is 0 Å². The molecule has 5 nitrogen and oxygen atoms in total. The van der Waals surface area contributed by atoms with Crippen molar-refractivity contribution in [1.29, 1.82) is 5.26 Å². The Labute approximate surface area is 99.0 Å². The fraction of sp³-hybridized carbons (Fsp3) is 0.250. The van der Waals surface area contributed by atoms with Crippen LogP contribution in [-0.4, -0.2) is 25.0 Å². The van der Waals surface area contributed by atoms with Crippen molar-refractivity contribution in [3.8, 4) is 6.07 Å². The number of ether oxygens (including phenoxy) is 1. The number of nitrogens with zero attached hydrogens (tertiary/aromatic N) is 1. The Bertz CT molecular complexity index is 460. The zero-order chi connectivity index (χ0) is 12.8. The first kappa shape index (κ1) is 12.7. The van der Waals surface area contributed by atoms with E-state index in [9.17, 15) is 9.59 Å². The van der Waals surface area contributed by atoms with Crippen molar-refractivity contribution < 1.29 is 14.3 Å². The SMILES string of the molecule is COC(=O)[C@@H](C)NC(=O)c1ccc(C#N)cc1. The summed E-state index contributed by atoms with van der Waals surface area (Å²) >= 11 is 0. The fourth-order valence-electron chi connectivity index (χ4n) is 1.21. The van der Waals surface area contributed by atoms with Crippen molar-refractivity contribution >= 4 is 11.9 Å². The van der Waals surface area contributed by atoms with E-state index < -0.39 is 12.0 Å². The summed E-state index contributed by atoms with van der Waals surface area (Å²) in [6.07, 6.45) is 0. The molecule has 1 aromatic carbocycles. The predicted octanol–water partition coefficient (Wildman–Crippen LogP) is 0.850. The van der Waals surface area contributed by atoms with E-state index in [0.29, 0.717) is 11.1 Å². The van der Waals surface area contributed by atoms with Gasteiger partial charge in [0.05, 0.1) is 18.7 Å². The highest BCUT2D eigenvalue weighted by Crippen LogP contribution is 2.03. The Hall–Kier alpha value is -2.35. The largest absolute Gasteiger partial charge is 0.467 e. The Balaban J connectivity index is 2.70. The summed E-state index contributed by atoms with van der Waals surface area (Å²) in [4.78, 5) is 22.8. The average Bonchev–Trinajstić information content (AvgIpc) is 2.37. The van der Waals surface area contributed by atoms with Gasteiger partial charge in [0.2, 0.25) is 0 Å². The average molecular weight is 232 g/mol. The molecule has 0 bridgehead atoms.